The molecule has 0 aliphatic carbocycles. The Morgan fingerprint density at radius 3 is 2.62 bits per heavy atom. The lowest BCUT2D eigenvalue weighted by molar-refractivity contribution is -0.129. The summed E-state index contributed by atoms with van der Waals surface area (Å²) >= 11 is 0. The van der Waals surface area contributed by atoms with Crippen molar-refractivity contribution in [3.63, 3.8) is 0 Å². The molecule has 2 saturated heterocycles. The summed E-state index contributed by atoms with van der Waals surface area (Å²) in [4.78, 5) is 27.3. The molecule has 26 heavy (non-hydrogen) atoms. The zero-order valence-corrected chi connectivity index (χ0v) is 16.1. The van der Waals surface area contributed by atoms with Gasteiger partial charge in [-0.05, 0) is 52.4 Å². The molecule has 2 aliphatic heterocycles. The summed E-state index contributed by atoms with van der Waals surface area (Å²) in [5, 5.41) is 3.70. The topological polar surface area (TPSA) is 64.6 Å². The molecule has 144 valence electrons. The highest BCUT2D eigenvalue weighted by Gasteiger charge is 2.30. The smallest absolute Gasteiger partial charge is 0.225 e. The number of likely N-dealkylation sites (tertiary alicyclic amines) is 1. The van der Waals surface area contributed by atoms with Crippen LogP contribution >= 0.6 is 0 Å². The Hall–Kier alpha value is -1.73. The Bertz CT molecular complexity index is 558. The number of nitrogens with one attached hydrogen (secondary N) is 1. The predicted octanol–water partition coefficient (Wildman–Crippen LogP) is 0.978. The van der Waals surface area contributed by atoms with Crippen LogP contribution in [0.25, 0.3) is 0 Å². The van der Waals surface area contributed by atoms with E-state index in [0.29, 0.717) is 24.4 Å². The standard InChI is InChI=1S/C19H32N6O/c1-23(2)14-15-25-17(4-5-18(25)26)6-11-20-16-7-12-24(13-8-16)19-21-9-3-10-22-19/h3,9-10,16-17,20H,4-8,11-15H2,1-2H3/t17-/m0/s1. The predicted molar refractivity (Wildman–Crippen MR) is 103 cm³/mol. The first-order valence-electron chi connectivity index (χ1n) is 9.83. The summed E-state index contributed by atoms with van der Waals surface area (Å²) in [6.45, 7) is 4.78. The lowest BCUT2D eigenvalue weighted by Crippen LogP contribution is -2.44. The summed E-state index contributed by atoms with van der Waals surface area (Å²) in [5.41, 5.74) is 0. The highest BCUT2D eigenvalue weighted by atomic mass is 16.2. The molecule has 2 fully saturated rings. The lowest BCUT2D eigenvalue weighted by atomic mass is 10.0. The molecule has 0 unspecified atom stereocenters. The normalized spacial score (nSPS) is 21.8. The van der Waals surface area contributed by atoms with Crippen LogP contribution in [0.15, 0.2) is 18.5 Å². The van der Waals surface area contributed by atoms with Crippen LogP contribution in [0.2, 0.25) is 0 Å². The SMILES string of the molecule is CN(C)CCN1C(=O)CC[C@H]1CCNC1CCN(c2ncccn2)CC1. The monoisotopic (exact) mass is 360 g/mol. The molecule has 1 amide bonds. The second-order valence-electron chi connectivity index (χ2n) is 7.64. The first kappa shape index (κ1) is 19.0. The molecule has 1 atom stereocenters. The van der Waals surface area contributed by atoms with Gasteiger partial charge in [0.05, 0.1) is 0 Å². The van der Waals surface area contributed by atoms with Gasteiger partial charge in [-0.15, -0.1) is 0 Å². The van der Waals surface area contributed by atoms with E-state index < -0.39 is 0 Å². The number of piperidine rings is 1. The molecule has 0 aromatic carbocycles. The fourth-order valence-electron chi connectivity index (χ4n) is 3.90. The van der Waals surface area contributed by atoms with Crippen LogP contribution < -0.4 is 10.2 Å². The molecule has 1 aromatic heterocycles. The lowest BCUT2D eigenvalue weighted by Gasteiger charge is -2.33. The van der Waals surface area contributed by atoms with Crippen LogP contribution in [0, 0.1) is 0 Å². The van der Waals surface area contributed by atoms with Crippen molar-refractivity contribution < 1.29 is 4.79 Å². The van der Waals surface area contributed by atoms with Crippen molar-refractivity contribution in [3.05, 3.63) is 18.5 Å². The molecule has 0 spiro atoms. The third-order valence-electron chi connectivity index (χ3n) is 5.48. The molecule has 2 aliphatic rings. The number of likely N-dealkylation sites (N-methyl/N-ethyl adjacent to an activating group) is 1. The van der Waals surface area contributed by atoms with E-state index >= 15 is 0 Å². The molecule has 3 rings (SSSR count). The average molecular weight is 361 g/mol. The van der Waals surface area contributed by atoms with E-state index in [0.717, 1.165) is 64.4 Å². The molecule has 7 nitrogen and oxygen atoms in total. The molecule has 1 N–H and O–H groups in total. The van der Waals surface area contributed by atoms with Crippen LogP contribution in [0.5, 0.6) is 0 Å². The summed E-state index contributed by atoms with van der Waals surface area (Å²) in [6, 6.07) is 2.82. The third kappa shape index (κ3) is 5.14. The first-order chi connectivity index (χ1) is 12.6. The van der Waals surface area contributed by atoms with Crippen molar-refractivity contribution in [1.82, 2.24) is 25.1 Å². The second-order valence-corrected chi connectivity index (χ2v) is 7.64. The maximum atomic E-state index is 12.1. The van der Waals surface area contributed by atoms with Gasteiger partial charge in [0, 0.05) is 57.1 Å². The van der Waals surface area contributed by atoms with E-state index in [4.69, 9.17) is 0 Å². The van der Waals surface area contributed by atoms with E-state index in [2.05, 4.69) is 44.1 Å². The Kier molecular flexibility index (Phi) is 6.80. The third-order valence-corrected chi connectivity index (χ3v) is 5.48. The van der Waals surface area contributed by atoms with Gasteiger partial charge in [-0.2, -0.15) is 0 Å². The van der Waals surface area contributed by atoms with Crippen molar-refractivity contribution in [3.8, 4) is 0 Å². The zero-order valence-electron chi connectivity index (χ0n) is 16.1. The van der Waals surface area contributed by atoms with Gasteiger partial charge in [0.15, 0.2) is 0 Å². The van der Waals surface area contributed by atoms with Gasteiger partial charge < -0.3 is 20.0 Å². The molecule has 0 radical (unpaired) electrons. The van der Waals surface area contributed by atoms with Gasteiger partial charge in [-0.3, -0.25) is 4.79 Å². The summed E-state index contributed by atoms with van der Waals surface area (Å²) in [5.74, 6) is 1.17. The maximum absolute atomic E-state index is 12.1. The number of nitrogens with zero attached hydrogens (tertiary/aromatic N) is 5. The van der Waals surface area contributed by atoms with Gasteiger partial charge in [0.2, 0.25) is 11.9 Å². The van der Waals surface area contributed by atoms with Crippen molar-refractivity contribution in [1.29, 1.82) is 0 Å². The van der Waals surface area contributed by atoms with Crippen LogP contribution in [-0.4, -0.2) is 84.6 Å². The highest BCUT2D eigenvalue weighted by molar-refractivity contribution is 5.78. The van der Waals surface area contributed by atoms with E-state index in [1.165, 1.54) is 0 Å². The quantitative estimate of drug-likeness (QED) is 0.746. The minimum absolute atomic E-state index is 0.327. The average Bonchev–Trinajstić information content (AvgIpc) is 3.01. The summed E-state index contributed by atoms with van der Waals surface area (Å²) in [6.07, 6.45) is 8.63. The largest absolute Gasteiger partial charge is 0.341 e. The van der Waals surface area contributed by atoms with E-state index in [1.807, 2.05) is 6.07 Å². The maximum Gasteiger partial charge on any atom is 0.225 e. The first-order valence-corrected chi connectivity index (χ1v) is 9.83. The van der Waals surface area contributed by atoms with Gasteiger partial charge in [-0.1, -0.05) is 0 Å². The number of aromatic nitrogens is 2. The molecule has 3 heterocycles. The van der Waals surface area contributed by atoms with Crippen molar-refractivity contribution in [2.24, 2.45) is 0 Å². The highest BCUT2D eigenvalue weighted by Crippen LogP contribution is 2.21. The summed E-state index contributed by atoms with van der Waals surface area (Å²) in [7, 11) is 4.12. The van der Waals surface area contributed by atoms with Gasteiger partial charge >= 0.3 is 0 Å². The minimum Gasteiger partial charge on any atom is -0.341 e. The fraction of sp³-hybridized carbons (Fsp3) is 0.737. The number of rotatable bonds is 8. The Morgan fingerprint density at radius 2 is 1.92 bits per heavy atom. The molecular weight excluding hydrogens is 328 g/mol. The number of hydrogen-bond donors (Lipinski definition) is 1. The molecule has 7 heteroatoms. The number of hydrogen-bond acceptors (Lipinski definition) is 6. The number of anilines is 1. The molecule has 1 aromatic rings. The number of amides is 1. The Labute approximate surface area is 156 Å². The van der Waals surface area contributed by atoms with E-state index in [1.54, 1.807) is 12.4 Å². The van der Waals surface area contributed by atoms with Gasteiger partial charge in [0.1, 0.15) is 0 Å². The van der Waals surface area contributed by atoms with Crippen molar-refractivity contribution in [2.75, 3.05) is 51.7 Å². The number of carbonyl (C=O) groups is 1. The van der Waals surface area contributed by atoms with E-state index in [9.17, 15) is 4.79 Å². The minimum atomic E-state index is 0.327. The van der Waals surface area contributed by atoms with Crippen LogP contribution in [0.1, 0.15) is 32.1 Å². The Balaban J connectivity index is 1.37. The summed E-state index contributed by atoms with van der Waals surface area (Å²) < 4.78 is 0. The molecule has 0 bridgehead atoms. The zero-order chi connectivity index (χ0) is 18.4. The molecule has 0 saturated carbocycles. The van der Waals surface area contributed by atoms with Crippen molar-refractivity contribution >= 4 is 11.9 Å². The Morgan fingerprint density at radius 1 is 1.19 bits per heavy atom. The fourth-order valence-corrected chi connectivity index (χ4v) is 3.90. The van der Waals surface area contributed by atoms with Gasteiger partial charge in [-0.25, -0.2) is 9.97 Å². The number of carbonyl (C=O) groups excluding carboxylic acids is 1. The molecular formula is C19H32N6O. The van der Waals surface area contributed by atoms with Crippen molar-refractivity contribution in [2.45, 2.75) is 44.2 Å². The van der Waals surface area contributed by atoms with Crippen LogP contribution in [-0.2, 0) is 4.79 Å². The second kappa shape index (κ2) is 9.28. The van der Waals surface area contributed by atoms with Crippen LogP contribution in [0.3, 0.4) is 0 Å². The van der Waals surface area contributed by atoms with E-state index in [-0.39, 0.29) is 0 Å². The van der Waals surface area contributed by atoms with Gasteiger partial charge in [0.25, 0.3) is 0 Å². The van der Waals surface area contributed by atoms with Crippen LogP contribution in [0.4, 0.5) is 5.95 Å².